The molecule has 0 heterocycles. The van der Waals surface area contributed by atoms with E-state index in [1.54, 1.807) is 0 Å². The average molecular weight is 324 g/mol. The van der Waals surface area contributed by atoms with Crippen LogP contribution in [0.1, 0.15) is 45.6 Å². The summed E-state index contributed by atoms with van der Waals surface area (Å²) in [5.41, 5.74) is 1.42. The summed E-state index contributed by atoms with van der Waals surface area (Å²) in [6.45, 7) is 7.10. The SMILES string of the molecule is CC1CC(C)CC(NC(C)Cc2ccc(Br)cc2)C1. The molecule has 3 unspecified atom stereocenters. The molecule has 3 atom stereocenters. The molecular formula is C17H26BrN. The van der Waals surface area contributed by atoms with E-state index in [1.165, 1.54) is 24.8 Å². The molecule has 1 saturated carbocycles. The van der Waals surface area contributed by atoms with Crippen LogP contribution in [-0.2, 0) is 6.42 Å². The number of rotatable bonds is 4. The lowest BCUT2D eigenvalue weighted by Gasteiger charge is -2.34. The van der Waals surface area contributed by atoms with Crippen LogP contribution in [0.3, 0.4) is 0 Å². The van der Waals surface area contributed by atoms with Crippen LogP contribution < -0.4 is 5.32 Å². The lowest BCUT2D eigenvalue weighted by Crippen LogP contribution is -2.42. The van der Waals surface area contributed by atoms with Crippen LogP contribution in [0.5, 0.6) is 0 Å². The van der Waals surface area contributed by atoms with Gasteiger partial charge >= 0.3 is 0 Å². The summed E-state index contributed by atoms with van der Waals surface area (Å²) < 4.78 is 1.16. The summed E-state index contributed by atoms with van der Waals surface area (Å²) in [5.74, 6) is 1.75. The van der Waals surface area contributed by atoms with Gasteiger partial charge in [0.05, 0.1) is 0 Å². The first-order valence-electron chi connectivity index (χ1n) is 7.53. The second-order valence-electron chi connectivity index (χ2n) is 6.51. The summed E-state index contributed by atoms with van der Waals surface area (Å²) in [7, 11) is 0. The molecule has 0 spiro atoms. The number of benzene rings is 1. The fourth-order valence-corrected chi connectivity index (χ4v) is 3.78. The summed E-state index contributed by atoms with van der Waals surface area (Å²) in [6, 6.07) is 9.97. The molecule has 0 aliphatic heterocycles. The van der Waals surface area contributed by atoms with Crippen LogP contribution in [0.15, 0.2) is 28.7 Å². The number of hydrogen-bond donors (Lipinski definition) is 1. The van der Waals surface area contributed by atoms with E-state index in [-0.39, 0.29) is 0 Å². The predicted octanol–water partition coefficient (Wildman–Crippen LogP) is 4.79. The number of hydrogen-bond acceptors (Lipinski definition) is 1. The maximum absolute atomic E-state index is 3.83. The van der Waals surface area contributed by atoms with Gasteiger partial charge in [0.25, 0.3) is 0 Å². The first-order valence-corrected chi connectivity index (χ1v) is 8.32. The van der Waals surface area contributed by atoms with Gasteiger partial charge in [-0.05, 0) is 62.1 Å². The van der Waals surface area contributed by atoms with E-state index < -0.39 is 0 Å². The largest absolute Gasteiger partial charge is 0.311 e. The standard InChI is InChI=1S/C17H26BrN/c1-12-8-13(2)10-17(9-12)19-14(3)11-15-4-6-16(18)7-5-15/h4-7,12-14,17,19H,8-11H2,1-3H3. The molecule has 1 aliphatic carbocycles. The normalized spacial score (nSPS) is 29.2. The highest BCUT2D eigenvalue weighted by molar-refractivity contribution is 9.10. The molecular weight excluding hydrogens is 298 g/mol. The van der Waals surface area contributed by atoms with Gasteiger partial charge in [-0.2, -0.15) is 0 Å². The van der Waals surface area contributed by atoms with Crippen LogP contribution in [0.4, 0.5) is 0 Å². The zero-order valence-electron chi connectivity index (χ0n) is 12.3. The molecule has 106 valence electrons. The van der Waals surface area contributed by atoms with Crippen LogP contribution >= 0.6 is 15.9 Å². The lowest BCUT2D eigenvalue weighted by molar-refractivity contribution is 0.227. The Morgan fingerprint density at radius 2 is 1.68 bits per heavy atom. The van der Waals surface area contributed by atoms with Gasteiger partial charge in [-0.1, -0.05) is 41.9 Å². The second kappa shape index (κ2) is 6.90. The third-order valence-electron chi connectivity index (χ3n) is 4.15. The van der Waals surface area contributed by atoms with Crippen molar-refractivity contribution in [3.05, 3.63) is 34.3 Å². The summed E-state index contributed by atoms with van der Waals surface area (Å²) in [5, 5.41) is 3.83. The zero-order chi connectivity index (χ0) is 13.8. The predicted molar refractivity (Wildman–Crippen MR) is 86.4 cm³/mol. The summed E-state index contributed by atoms with van der Waals surface area (Å²) >= 11 is 3.49. The van der Waals surface area contributed by atoms with E-state index in [0.29, 0.717) is 12.1 Å². The minimum atomic E-state index is 0.559. The highest BCUT2D eigenvalue weighted by Crippen LogP contribution is 2.28. The molecule has 1 aromatic carbocycles. The van der Waals surface area contributed by atoms with Gasteiger partial charge in [-0.3, -0.25) is 0 Å². The Bertz CT molecular complexity index is 377. The third kappa shape index (κ3) is 4.92. The van der Waals surface area contributed by atoms with Crippen molar-refractivity contribution in [3.63, 3.8) is 0 Å². The molecule has 0 bridgehead atoms. The highest BCUT2D eigenvalue weighted by Gasteiger charge is 2.24. The van der Waals surface area contributed by atoms with E-state index in [2.05, 4.69) is 66.3 Å². The summed E-state index contributed by atoms with van der Waals surface area (Å²) in [6.07, 6.45) is 5.20. The second-order valence-corrected chi connectivity index (χ2v) is 7.43. The van der Waals surface area contributed by atoms with Crippen LogP contribution in [0.25, 0.3) is 0 Å². The molecule has 19 heavy (non-hydrogen) atoms. The topological polar surface area (TPSA) is 12.0 Å². The van der Waals surface area contributed by atoms with Crippen molar-refractivity contribution in [2.24, 2.45) is 11.8 Å². The molecule has 2 rings (SSSR count). The van der Waals surface area contributed by atoms with Crippen molar-refractivity contribution in [3.8, 4) is 0 Å². The molecule has 0 radical (unpaired) electrons. The number of halogens is 1. The van der Waals surface area contributed by atoms with Gasteiger partial charge in [-0.25, -0.2) is 0 Å². The van der Waals surface area contributed by atoms with Gasteiger partial charge in [0, 0.05) is 16.6 Å². The average Bonchev–Trinajstić information content (AvgIpc) is 2.30. The maximum atomic E-state index is 3.83. The molecule has 0 aromatic heterocycles. The van der Waals surface area contributed by atoms with Crippen LogP contribution in [-0.4, -0.2) is 12.1 Å². The van der Waals surface area contributed by atoms with Gasteiger partial charge in [0.15, 0.2) is 0 Å². The van der Waals surface area contributed by atoms with E-state index in [1.807, 2.05) is 0 Å². The van der Waals surface area contributed by atoms with Crippen molar-refractivity contribution in [1.29, 1.82) is 0 Å². The minimum Gasteiger partial charge on any atom is -0.311 e. The molecule has 1 aliphatic rings. The van der Waals surface area contributed by atoms with E-state index in [9.17, 15) is 0 Å². The molecule has 2 heteroatoms. The van der Waals surface area contributed by atoms with Crippen molar-refractivity contribution < 1.29 is 0 Å². The summed E-state index contributed by atoms with van der Waals surface area (Å²) in [4.78, 5) is 0. The Hall–Kier alpha value is -0.340. The van der Waals surface area contributed by atoms with Crippen molar-refractivity contribution in [1.82, 2.24) is 5.32 Å². The van der Waals surface area contributed by atoms with Gasteiger partial charge in [0.2, 0.25) is 0 Å². The molecule has 1 aromatic rings. The highest BCUT2D eigenvalue weighted by atomic mass is 79.9. The van der Waals surface area contributed by atoms with Gasteiger partial charge < -0.3 is 5.32 Å². The monoisotopic (exact) mass is 323 g/mol. The van der Waals surface area contributed by atoms with Crippen molar-refractivity contribution in [2.45, 2.75) is 58.5 Å². The fraction of sp³-hybridized carbons (Fsp3) is 0.647. The van der Waals surface area contributed by atoms with Crippen molar-refractivity contribution in [2.75, 3.05) is 0 Å². The third-order valence-corrected chi connectivity index (χ3v) is 4.68. The quantitative estimate of drug-likeness (QED) is 0.839. The Morgan fingerprint density at radius 3 is 2.26 bits per heavy atom. The van der Waals surface area contributed by atoms with Crippen molar-refractivity contribution >= 4 is 15.9 Å². The molecule has 1 fully saturated rings. The smallest absolute Gasteiger partial charge is 0.0175 e. The van der Waals surface area contributed by atoms with E-state index in [4.69, 9.17) is 0 Å². The number of nitrogens with one attached hydrogen (secondary N) is 1. The van der Waals surface area contributed by atoms with Crippen LogP contribution in [0, 0.1) is 11.8 Å². The molecule has 0 saturated heterocycles. The minimum absolute atomic E-state index is 0.559. The first kappa shape index (κ1) is 15.1. The molecule has 1 N–H and O–H groups in total. The van der Waals surface area contributed by atoms with E-state index >= 15 is 0 Å². The van der Waals surface area contributed by atoms with Gasteiger partial charge in [0.1, 0.15) is 0 Å². The molecule has 1 nitrogen and oxygen atoms in total. The fourth-order valence-electron chi connectivity index (χ4n) is 3.52. The van der Waals surface area contributed by atoms with Gasteiger partial charge in [-0.15, -0.1) is 0 Å². The Kier molecular flexibility index (Phi) is 5.47. The lowest BCUT2D eigenvalue weighted by atomic mass is 9.80. The Balaban J connectivity index is 1.83. The Morgan fingerprint density at radius 1 is 1.11 bits per heavy atom. The first-order chi connectivity index (χ1) is 9.02. The maximum Gasteiger partial charge on any atom is 0.0175 e. The zero-order valence-corrected chi connectivity index (χ0v) is 13.9. The van der Waals surface area contributed by atoms with Crippen LogP contribution in [0.2, 0.25) is 0 Å². The van der Waals surface area contributed by atoms with E-state index in [0.717, 1.165) is 22.7 Å². The Labute approximate surface area is 126 Å². The molecule has 0 amide bonds.